The van der Waals surface area contributed by atoms with Gasteiger partial charge in [0.2, 0.25) is 11.5 Å². The van der Waals surface area contributed by atoms with Gasteiger partial charge in [-0.05, 0) is 50.0 Å². The number of pyridine rings is 1. The Hall–Kier alpha value is -4.27. The zero-order chi connectivity index (χ0) is 32.5. The van der Waals surface area contributed by atoms with Crippen LogP contribution in [0.3, 0.4) is 0 Å². The molecule has 240 valence electrons. The van der Waals surface area contributed by atoms with Crippen molar-refractivity contribution in [3.05, 3.63) is 53.0 Å². The van der Waals surface area contributed by atoms with E-state index in [1.807, 2.05) is 0 Å². The molecular weight excluding hydrogens is 605 g/mol. The lowest BCUT2D eigenvalue weighted by Crippen LogP contribution is -2.52. The number of nitrogens with two attached hydrogens (primary N) is 1. The fourth-order valence-electron chi connectivity index (χ4n) is 5.61. The molecule has 10 nitrogen and oxygen atoms in total. The number of primary amides is 1. The number of carbonyl (C=O) groups excluding carboxylic acids is 2. The molecule has 15 heteroatoms. The number of ether oxygens (including phenoxy) is 2. The highest BCUT2D eigenvalue weighted by atomic mass is 19.4. The molecule has 45 heavy (non-hydrogen) atoms. The van der Waals surface area contributed by atoms with Crippen LogP contribution in [0.5, 0.6) is 11.5 Å². The van der Waals surface area contributed by atoms with Crippen LogP contribution in [-0.4, -0.2) is 64.0 Å². The summed E-state index contributed by atoms with van der Waals surface area (Å²) in [5, 5.41) is 18.4. The first-order valence-corrected chi connectivity index (χ1v) is 14.3. The van der Waals surface area contributed by atoms with Crippen molar-refractivity contribution >= 4 is 28.3 Å². The van der Waals surface area contributed by atoms with Gasteiger partial charge in [0.25, 0.3) is 11.8 Å². The number of amides is 2. The van der Waals surface area contributed by atoms with Crippen LogP contribution >= 0.6 is 0 Å². The van der Waals surface area contributed by atoms with Crippen LogP contribution < -0.4 is 20.5 Å². The first-order chi connectivity index (χ1) is 21.1. The Labute approximate surface area is 253 Å². The van der Waals surface area contributed by atoms with Gasteiger partial charge >= 0.3 is 6.18 Å². The van der Waals surface area contributed by atoms with Gasteiger partial charge in [-0.1, -0.05) is 6.08 Å². The molecule has 0 spiro atoms. The van der Waals surface area contributed by atoms with Gasteiger partial charge in [-0.2, -0.15) is 18.3 Å². The molecule has 1 saturated carbocycles. The van der Waals surface area contributed by atoms with E-state index in [2.05, 4.69) is 15.4 Å². The van der Waals surface area contributed by atoms with E-state index in [9.17, 15) is 36.6 Å². The standard InChI is InChI=1S/C30H30F5N5O5/c1-27(26(36)42)14-45-24-19(27)11-21(38-23(24)15-5-7-28(31,32)8-6-15)29(43,30(33,34)35)13-37-25(41)16-9-17-12-40(18-3-4-18)39-22(17)20(10-16)44-2/h5,9-12,18,43H,3-4,6-8,13-14H2,1-2H3,(H2,36,42)(H,37,41)/t27-,29?/m0/s1. The largest absolute Gasteiger partial charge is 0.494 e. The molecule has 4 N–H and O–H groups in total. The van der Waals surface area contributed by atoms with Gasteiger partial charge in [-0.25, -0.2) is 13.8 Å². The third-order valence-electron chi connectivity index (χ3n) is 8.72. The number of halogens is 5. The number of aliphatic hydroxyl groups is 1. The summed E-state index contributed by atoms with van der Waals surface area (Å²) in [5.41, 5.74) is -0.403. The van der Waals surface area contributed by atoms with Gasteiger partial charge in [0.1, 0.15) is 34.7 Å². The maximum atomic E-state index is 14.7. The predicted octanol–water partition coefficient (Wildman–Crippen LogP) is 4.29. The summed E-state index contributed by atoms with van der Waals surface area (Å²) >= 11 is 0. The van der Waals surface area contributed by atoms with Gasteiger partial charge in [0, 0.05) is 35.6 Å². The molecule has 3 heterocycles. The van der Waals surface area contributed by atoms with Crippen molar-refractivity contribution in [1.82, 2.24) is 20.1 Å². The normalized spacial score (nSPS) is 22.3. The molecule has 2 aromatic heterocycles. The van der Waals surface area contributed by atoms with Gasteiger partial charge < -0.3 is 25.6 Å². The number of methoxy groups -OCH3 is 1. The van der Waals surface area contributed by atoms with Crippen LogP contribution in [0, 0.1) is 0 Å². The Bertz CT molecular complexity index is 1750. The fraction of sp³-hybridized carbons (Fsp3) is 0.467. The number of aromatic nitrogens is 3. The summed E-state index contributed by atoms with van der Waals surface area (Å²) in [4.78, 5) is 29.7. The quantitative estimate of drug-likeness (QED) is 0.314. The summed E-state index contributed by atoms with van der Waals surface area (Å²) in [6.45, 7) is -0.336. The van der Waals surface area contributed by atoms with Crippen LogP contribution in [-0.2, 0) is 15.8 Å². The molecule has 0 saturated heterocycles. The fourth-order valence-corrected chi connectivity index (χ4v) is 5.61. The van der Waals surface area contributed by atoms with Gasteiger partial charge in [0.05, 0.1) is 25.4 Å². The number of carbonyl (C=O) groups is 2. The topological polar surface area (TPSA) is 142 Å². The van der Waals surface area contributed by atoms with Gasteiger partial charge in [0.15, 0.2) is 0 Å². The molecule has 3 aromatic rings. The van der Waals surface area contributed by atoms with E-state index >= 15 is 0 Å². The number of nitrogens with zero attached hydrogens (tertiary/aromatic N) is 3. The van der Waals surface area contributed by atoms with Crippen molar-refractivity contribution in [1.29, 1.82) is 0 Å². The summed E-state index contributed by atoms with van der Waals surface area (Å²) in [7, 11) is 1.37. The second-order valence-electron chi connectivity index (χ2n) is 12.0. The number of benzene rings is 1. The van der Waals surface area contributed by atoms with E-state index in [-0.39, 0.29) is 53.0 Å². The minimum Gasteiger partial charge on any atom is -0.494 e. The first kappa shape index (κ1) is 30.7. The van der Waals surface area contributed by atoms with Crippen molar-refractivity contribution in [3.8, 4) is 11.5 Å². The van der Waals surface area contributed by atoms with Crippen LogP contribution in [0.4, 0.5) is 22.0 Å². The molecule has 0 radical (unpaired) electrons. The Morgan fingerprint density at radius 1 is 1.24 bits per heavy atom. The summed E-state index contributed by atoms with van der Waals surface area (Å²) in [5.74, 6) is -4.69. The maximum absolute atomic E-state index is 14.7. The minimum atomic E-state index is -5.39. The third kappa shape index (κ3) is 5.26. The highest BCUT2D eigenvalue weighted by Gasteiger charge is 2.58. The van der Waals surface area contributed by atoms with Crippen molar-refractivity contribution in [2.24, 2.45) is 5.73 Å². The molecule has 1 unspecified atom stereocenters. The zero-order valence-electron chi connectivity index (χ0n) is 24.3. The lowest BCUT2D eigenvalue weighted by Gasteiger charge is -2.32. The van der Waals surface area contributed by atoms with Crippen LogP contribution in [0.1, 0.15) is 72.4 Å². The Morgan fingerprint density at radius 2 is 1.98 bits per heavy atom. The van der Waals surface area contributed by atoms with E-state index in [0.717, 1.165) is 25.0 Å². The number of alkyl halides is 5. The Kier molecular flexibility index (Phi) is 7.10. The van der Waals surface area contributed by atoms with Crippen molar-refractivity contribution in [2.45, 2.75) is 68.2 Å². The SMILES string of the molecule is COc1cc(C(=O)NCC(O)(c2cc3c(c(C4=CCC(F)(F)CC4)n2)OC[C@]3(C)C(N)=O)C(F)(F)F)cc2cn(C3CC3)nc12. The first-order valence-electron chi connectivity index (χ1n) is 14.3. The second kappa shape index (κ2) is 10.4. The molecule has 1 aromatic carbocycles. The van der Waals surface area contributed by atoms with Gasteiger partial charge in [-0.3, -0.25) is 14.3 Å². The molecule has 2 amide bonds. The highest BCUT2D eigenvalue weighted by molar-refractivity contribution is 6.00. The molecule has 3 aliphatic rings. The summed E-state index contributed by atoms with van der Waals surface area (Å²) < 4.78 is 84.8. The number of allylic oxidation sites excluding steroid dienone is 2. The lowest BCUT2D eigenvalue weighted by atomic mass is 9.81. The molecule has 1 fully saturated rings. The zero-order valence-corrected chi connectivity index (χ0v) is 24.3. The monoisotopic (exact) mass is 635 g/mol. The van der Waals surface area contributed by atoms with Crippen molar-refractivity contribution < 1.29 is 46.1 Å². The van der Waals surface area contributed by atoms with E-state index in [0.29, 0.717) is 10.9 Å². The van der Waals surface area contributed by atoms with E-state index in [4.69, 9.17) is 15.2 Å². The van der Waals surface area contributed by atoms with Gasteiger partial charge in [-0.15, -0.1) is 0 Å². The van der Waals surface area contributed by atoms with E-state index in [1.165, 1.54) is 26.2 Å². The minimum absolute atomic E-state index is 0.0372. The predicted molar refractivity (Wildman–Crippen MR) is 150 cm³/mol. The van der Waals surface area contributed by atoms with E-state index in [1.54, 1.807) is 10.9 Å². The van der Waals surface area contributed by atoms with Crippen molar-refractivity contribution in [2.75, 3.05) is 20.3 Å². The molecule has 0 bridgehead atoms. The Morgan fingerprint density at radius 3 is 2.58 bits per heavy atom. The smallest absolute Gasteiger partial charge is 0.424 e. The maximum Gasteiger partial charge on any atom is 0.424 e. The number of hydrogen-bond acceptors (Lipinski definition) is 7. The number of hydrogen-bond donors (Lipinski definition) is 3. The highest BCUT2D eigenvalue weighted by Crippen LogP contribution is 2.48. The van der Waals surface area contributed by atoms with Crippen LogP contribution in [0.2, 0.25) is 0 Å². The number of rotatable bonds is 8. The van der Waals surface area contributed by atoms with Crippen molar-refractivity contribution in [3.63, 3.8) is 0 Å². The second-order valence-corrected chi connectivity index (χ2v) is 12.0. The van der Waals surface area contributed by atoms with Crippen LogP contribution in [0.15, 0.2) is 30.5 Å². The number of fused-ring (bicyclic) bond motifs is 2. The third-order valence-corrected chi connectivity index (χ3v) is 8.72. The van der Waals surface area contributed by atoms with E-state index < -0.39 is 60.0 Å². The molecule has 1 aliphatic heterocycles. The number of nitrogens with one attached hydrogen (secondary N) is 1. The molecule has 6 rings (SSSR count). The average Bonchev–Trinajstić information content (AvgIpc) is 3.65. The Balaban J connectivity index is 1.38. The molecular formula is C30H30F5N5O5. The average molecular weight is 636 g/mol. The summed E-state index contributed by atoms with van der Waals surface area (Å²) in [6.07, 6.45) is -2.11. The van der Waals surface area contributed by atoms with Crippen LogP contribution in [0.25, 0.3) is 16.5 Å². The molecule has 2 atom stereocenters. The molecule has 2 aliphatic carbocycles. The summed E-state index contributed by atoms with van der Waals surface area (Å²) in [6, 6.07) is 3.89. The lowest BCUT2D eigenvalue weighted by molar-refractivity contribution is -0.265.